The zero-order valence-corrected chi connectivity index (χ0v) is 15.4. The SMILES string of the molecule is CC1CCCC(NC(=O)CN2CCN(c3ccc(F)cc3)CC2)C1C. The lowest BCUT2D eigenvalue weighted by Gasteiger charge is -2.37. The summed E-state index contributed by atoms with van der Waals surface area (Å²) in [6.07, 6.45) is 3.60. The van der Waals surface area contributed by atoms with Gasteiger partial charge >= 0.3 is 0 Å². The van der Waals surface area contributed by atoms with Crippen molar-refractivity contribution in [2.75, 3.05) is 37.6 Å². The molecule has 0 bridgehead atoms. The topological polar surface area (TPSA) is 35.6 Å². The lowest BCUT2D eigenvalue weighted by molar-refractivity contribution is -0.123. The van der Waals surface area contributed by atoms with Gasteiger partial charge in [-0.25, -0.2) is 4.39 Å². The number of nitrogens with zero attached hydrogens (tertiary/aromatic N) is 2. The number of anilines is 1. The van der Waals surface area contributed by atoms with E-state index in [2.05, 4.69) is 29.0 Å². The second kappa shape index (κ2) is 8.17. The van der Waals surface area contributed by atoms with Crippen molar-refractivity contribution in [2.45, 2.75) is 39.2 Å². The van der Waals surface area contributed by atoms with Crippen LogP contribution in [-0.4, -0.2) is 49.6 Å². The van der Waals surface area contributed by atoms with Crippen molar-refractivity contribution in [3.63, 3.8) is 0 Å². The van der Waals surface area contributed by atoms with Crippen LogP contribution in [0.1, 0.15) is 33.1 Å². The maximum atomic E-state index is 13.0. The predicted octanol–water partition coefficient (Wildman–Crippen LogP) is 2.89. The van der Waals surface area contributed by atoms with E-state index in [1.54, 1.807) is 0 Å². The van der Waals surface area contributed by atoms with Gasteiger partial charge in [0, 0.05) is 37.9 Å². The molecule has 1 N–H and O–H groups in total. The average Bonchev–Trinajstić information content (AvgIpc) is 2.60. The number of halogens is 1. The fourth-order valence-corrected chi connectivity index (χ4v) is 4.06. The summed E-state index contributed by atoms with van der Waals surface area (Å²) in [4.78, 5) is 16.9. The lowest BCUT2D eigenvalue weighted by Crippen LogP contribution is -2.52. The van der Waals surface area contributed by atoms with Crippen LogP contribution in [0.15, 0.2) is 24.3 Å². The highest BCUT2D eigenvalue weighted by molar-refractivity contribution is 5.78. The first-order valence-corrected chi connectivity index (χ1v) is 9.55. The fraction of sp³-hybridized carbons (Fsp3) is 0.650. The van der Waals surface area contributed by atoms with Gasteiger partial charge < -0.3 is 10.2 Å². The normalized spacial score (nSPS) is 28.0. The van der Waals surface area contributed by atoms with Crippen LogP contribution in [-0.2, 0) is 4.79 Å². The number of hydrogen-bond acceptors (Lipinski definition) is 3. The highest BCUT2D eigenvalue weighted by atomic mass is 19.1. The summed E-state index contributed by atoms with van der Waals surface area (Å²) in [5.41, 5.74) is 1.05. The van der Waals surface area contributed by atoms with E-state index >= 15 is 0 Å². The van der Waals surface area contributed by atoms with E-state index < -0.39 is 0 Å². The molecular formula is C20H30FN3O. The van der Waals surface area contributed by atoms with Crippen LogP contribution in [0.25, 0.3) is 0 Å². The molecule has 1 aromatic rings. The molecule has 0 spiro atoms. The van der Waals surface area contributed by atoms with Gasteiger partial charge in [-0.1, -0.05) is 26.7 Å². The molecule has 3 rings (SSSR count). The molecule has 138 valence electrons. The molecule has 4 nitrogen and oxygen atoms in total. The molecule has 1 aliphatic heterocycles. The third-order valence-electron chi connectivity index (χ3n) is 5.98. The second-order valence-electron chi connectivity index (χ2n) is 7.68. The maximum absolute atomic E-state index is 13.0. The van der Waals surface area contributed by atoms with Gasteiger partial charge in [0.25, 0.3) is 0 Å². The summed E-state index contributed by atoms with van der Waals surface area (Å²) in [5.74, 6) is 1.21. The largest absolute Gasteiger partial charge is 0.369 e. The Balaban J connectivity index is 1.44. The van der Waals surface area contributed by atoms with E-state index in [0.717, 1.165) is 38.3 Å². The first-order valence-electron chi connectivity index (χ1n) is 9.55. The number of nitrogens with one attached hydrogen (secondary N) is 1. The Kier molecular flexibility index (Phi) is 5.94. The molecule has 0 aromatic heterocycles. The number of piperazine rings is 1. The van der Waals surface area contributed by atoms with Crippen molar-refractivity contribution in [3.8, 4) is 0 Å². The molecule has 2 fully saturated rings. The Bertz CT molecular complexity index is 569. The fourth-order valence-electron chi connectivity index (χ4n) is 4.06. The molecule has 1 saturated carbocycles. The standard InChI is InChI=1S/C20H30FN3O/c1-15-4-3-5-19(16(15)2)22-20(25)14-23-10-12-24(13-11-23)18-8-6-17(21)7-9-18/h6-9,15-16,19H,3-5,10-14H2,1-2H3,(H,22,25). The third kappa shape index (κ3) is 4.72. The summed E-state index contributed by atoms with van der Waals surface area (Å²) in [6, 6.07) is 6.98. The van der Waals surface area contributed by atoms with E-state index in [1.807, 2.05) is 12.1 Å². The molecule has 1 saturated heterocycles. The number of carbonyl (C=O) groups is 1. The summed E-state index contributed by atoms with van der Waals surface area (Å²) >= 11 is 0. The van der Waals surface area contributed by atoms with Gasteiger partial charge in [-0.2, -0.15) is 0 Å². The van der Waals surface area contributed by atoms with E-state index in [0.29, 0.717) is 24.4 Å². The van der Waals surface area contributed by atoms with Gasteiger partial charge in [-0.15, -0.1) is 0 Å². The van der Waals surface area contributed by atoms with Crippen LogP contribution >= 0.6 is 0 Å². The number of amides is 1. The molecule has 25 heavy (non-hydrogen) atoms. The number of carbonyl (C=O) groups excluding carboxylic acids is 1. The Hall–Kier alpha value is -1.62. The average molecular weight is 347 g/mol. The second-order valence-corrected chi connectivity index (χ2v) is 7.68. The van der Waals surface area contributed by atoms with Gasteiger partial charge in [-0.05, 0) is 42.5 Å². The highest BCUT2D eigenvalue weighted by Gasteiger charge is 2.28. The van der Waals surface area contributed by atoms with Crippen molar-refractivity contribution in [1.82, 2.24) is 10.2 Å². The first kappa shape index (κ1) is 18.2. The van der Waals surface area contributed by atoms with Crippen LogP contribution in [0.2, 0.25) is 0 Å². The molecule has 1 heterocycles. The van der Waals surface area contributed by atoms with Crippen molar-refractivity contribution in [3.05, 3.63) is 30.1 Å². The van der Waals surface area contributed by atoms with Crippen LogP contribution in [0.4, 0.5) is 10.1 Å². The van der Waals surface area contributed by atoms with Crippen LogP contribution in [0, 0.1) is 17.7 Å². The van der Waals surface area contributed by atoms with Crippen molar-refractivity contribution < 1.29 is 9.18 Å². The van der Waals surface area contributed by atoms with E-state index in [-0.39, 0.29) is 11.7 Å². The van der Waals surface area contributed by atoms with Crippen LogP contribution in [0.5, 0.6) is 0 Å². The first-order chi connectivity index (χ1) is 12.0. The van der Waals surface area contributed by atoms with Gasteiger partial charge in [0.2, 0.25) is 5.91 Å². The maximum Gasteiger partial charge on any atom is 0.234 e. The van der Waals surface area contributed by atoms with Crippen molar-refractivity contribution in [2.24, 2.45) is 11.8 Å². The highest BCUT2D eigenvalue weighted by Crippen LogP contribution is 2.29. The molecule has 1 aliphatic carbocycles. The number of rotatable bonds is 4. The Morgan fingerprint density at radius 3 is 2.48 bits per heavy atom. The van der Waals surface area contributed by atoms with E-state index in [9.17, 15) is 9.18 Å². The van der Waals surface area contributed by atoms with Gasteiger partial charge in [0.1, 0.15) is 5.82 Å². The molecule has 1 amide bonds. The number of hydrogen-bond donors (Lipinski definition) is 1. The van der Waals surface area contributed by atoms with Crippen molar-refractivity contribution in [1.29, 1.82) is 0 Å². The van der Waals surface area contributed by atoms with Gasteiger partial charge in [0.15, 0.2) is 0 Å². The quantitative estimate of drug-likeness (QED) is 0.910. The molecule has 3 atom stereocenters. The zero-order chi connectivity index (χ0) is 17.8. The molecule has 2 aliphatic rings. The zero-order valence-electron chi connectivity index (χ0n) is 15.4. The summed E-state index contributed by atoms with van der Waals surface area (Å²) in [5, 5.41) is 3.26. The minimum atomic E-state index is -0.203. The summed E-state index contributed by atoms with van der Waals surface area (Å²) in [7, 11) is 0. The minimum Gasteiger partial charge on any atom is -0.369 e. The molecule has 1 aromatic carbocycles. The van der Waals surface area contributed by atoms with Crippen molar-refractivity contribution >= 4 is 11.6 Å². The van der Waals surface area contributed by atoms with E-state index in [1.165, 1.54) is 25.0 Å². The molecule has 0 radical (unpaired) electrons. The van der Waals surface area contributed by atoms with E-state index in [4.69, 9.17) is 0 Å². The molecular weight excluding hydrogens is 317 g/mol. The minimum absolute atomic E-state index is 0.154. The Morgan fingerprint density at radius 2 is 1.80 bits per heavy atom. The molecule has 5 heteroatoms. The predicted molar refractivity (Wildman–Crippen MR) is 99.2 cm³/mol. The molecule has 3 unspecified atom stereocenters. The third-order valence-corrected chi connectivity index (χ3v) is 5.98. The monoisotopic (exact) mass is 347 g/mol. The lowest BCUT2D eigenvalue weighted by atomic mass is 9.78. The smallest absolute Gasteiger partial charge is 0.234 e. The van der Waals surface area contributed by atoms with Crippen LogP contribution < -0.4 is 10.2 Å². The van der Waals surface area contributed by atoms with Crippen LogP contribution in [0.3, 0.4) is 0 Å². The summed E-state index contributed by atoms with van der Waals surface area (Å²) in [6.45, 7) is 8.50. The number of benzene rings is 1. The Morgan fingerprint density at radius 1 is 1.12 bits per heavy atom. The van der Waals surface area contributed by atoms with Gasteiger partial charge in [-0.3, -0.25) is 9.69 Å². The summed E-state index contributed by atoms with van der Waals surface area (Å²) < 4.78 is 13.0. The Labute approximate surface area is 150 Å². The van der Waals surface area contributed by atoms with Gasteiger partial charge in [0.05, 0.1) is 6.54 Å².